The number of nitrogens with one attached hydrogen (secondary N) is 1. The molecular weight excluding hydrogens is 184 g/mol. The molecule has 0 aliphatic carbocycles. The molecule has 1 fully saturated rings. The molecule has 1 N–H and O–H groups in total. The first-order chi connectivity index (χ1) is 7.27. The van der Waals surface area contributed by atoms with E-state index < -0.39 is 0 Å². The van der Waals surface area contributed by atoms with E-state index >= 15 is 0 Å². The molecule has 0 radical (unpaired) electrons. The van der Waals surface area contributed by atoms with Gasteiger partial charge in [0.15, 0.2) is 0 Å². The molecule has 0 amide bonds. The zero-order valence-electron chi connectivity index (χ0n) is 10.8. The third-order valence-corrected chi connectivity index (χ3v) is 3.62. The molecule has 1 aliphatic rings. The van der Waals surface area contributed by atoms with Crippen molar-refractivity contribution >= 4 is 0 Å². The van der Waals surface area contributed by atoms with Crippen LogP contribution in [0.3, 0.4) is 0 Å². The fraction of sp³-hybridized carbons (Fsp3) is 1.00. The molecule has 0 spiro atoms. The predicted octanol–water partition coefficient (Wildman–Crippen LogP) is 2.50. The van der Waals surface area contributed by atoms with Crippen molar-refractivity contribution in [1.82, 2.24) is 10.2 Å². The summed E-state index contributed by atoms with van der Waals surface area (Å²) in [5.74, 6) is 0.854. The highest BCUT2D eigenvalue weighted by atomic mass is 15.2. The van der Waals surface area contributed by atoms with Crippen molar-refractivity contribution in [2.24, 2.45) is 5.92 Å². The van der Waals surface area contributed by atoms with Crippen LogP contribution in [0.1, 0.15) is 46.5 Å². The van der Waals surface area contributed by atoms with Gasteiger partial charge in [0.2, 0.25) is 0 Å². The third kappa shape index (κ3) is 4.52. The fourth-order valence-electron chi connectivity index (χ4n) is 2.37. The van der Waals surface area contributed by atoms with E-state index in [1.165, 1.54) is 45.3 Å². The van der Waals surface area contributed by atoms with Gasteiger partial charge in [-0.1, -0.05) is 33.6 Å². The van der Waals surface area contributed by atoms with Gasteiger partial charge in [-0.25, -0.2) is 0 Å². The lowest BCUT2D eigenvalue weighted by Gasteiger charge is -2.37. The van der Waals surface area contributed by atoms with E-state index in [2.05, 4.69) is 31.0 Å². The largest absolute Gasteiger partial charge is 0.315 e. The molecule has 1 rings (SSSR count). The molecule has 90 valence electrons. The first kappa shape index (κ1) is 13.0. The van der Waals surface area contributed by atoms with Gasteiger partial charge in [0.1, 0.15) is 0 Å². The summed E-state index contributed by atoms with van der Waals surface area (Å²) in [5.41, 5.74) is 0. The van der Waals surface area contributed by atoms with Crippen molar-refractivity contribution in [2.45, 2.75) is 52.5 Å². The van der Waals surface area contributed by atoms with Crippen LogP contribution in [0, 0.1) is 5.92 Å². The Morgan fingerprint density at radius 1 is 1.33 bits per heavy atom. The maximum atomic E-state index is 3.50. The number of rotatable bonds is 6. The molecule has 0 bridgehead atoms. The molecule has 0 aromatic carbocycles. The minimum atomic E-state index is 0.799. The van der Waals surface area contributed by atoms with Crippen LogP contribution in [-0.2, 0) is 0 Å². The number of likely N-dealkylation sites (tertiary alicyclic amines) is 1. The molecule has 1 heterocycles. The standard InChI is InChI=1S/C13H28N2/c1-4-12(3)11-15-9-7-6-8-13(15)10-14-5-2/h12-14H,4-11H2,1-3H3. The molecule has 2 heteroatoms. The number of likely N-dealkylation sites (N-methyl/N-ethyl adjacent to an activating group) is 1. The van der Waals surface area contributed by atoms with Crippen molar-refractivity contribution in [3.63, 3.8) is 0 Å². The van der Waals surface area contributed by atoms with E-state index in [4.69, 9.17) is 0 Å². The highest BCUT2D eigenvalue weighted by molar-refractivity contribution is 4.79. The second-order valence-corrected chi connectivity index (χ2v) is 4.97. The molecule has 2 nitrogen and oxygen atoms in total. The van der Waals surface area contributed by atoms with E-state index in [0.29, 0.717) is 0 Å². The SMILES string of the molecule is CCNCC1CCCCN1CC(C)CC. The van der Waals surface area contributed by atoms with Gasteiger partial charge in [0, 0.05) is 19.1 Å². The summed E-state index contributed by atoms with van der Waals surface area (Å²) >= 11 is 0. The number of hydrogen-bond acceptors (Lipinski definition) is 2. The van der Waals surface area contributed by atoms with Gasteiger partial charge in [0.25, 0.3) is 0 Å². The van der Waals surface area contributed by atoms with Crippen LogP contribution >= 0.6 is 0 Å². The fourth-order valence-corrected chi connectivity index (χ4v) is 2.37. The van der Waals surface area contributed by atoms with Crippen LogP contribution in [0.4, 0.5) is 0 Å². The van der Waals surface area contributed by atoms with Gasteiger partial charge in [-0.05, 0) is 31.8 Å². The van der Waals surface area contributed by atoms with Crippen molar-refractivity contribution in [3.8, 4) is 0 Å². The molecule has 0 saturated carbocycles. The normalized spacial score (nSPS) is 25.4. The van der Waals surface area contributed by atoms with Gasteiger partial charge in [-0.2, -0.15) is 0 Å². The Labute approximate surface area is 95.4 Å². The van der Waals surface area contributed by atoms with Crippen LogP contribution < -0.4 is 5.32 Å². The van der Waals surface area contributed by atoms with Crippen LogP contribution in [0.25, 0.3) is 0 Å². The molecular formula is C13H28N2. The van der Waals surface area contributed by atoms with Crippen molar-refractivity contribution < 1.29 is 0 Å². The predicted molar refractivity (Wildman–Crippen MR) is 67.2 cm³/mol. The van der Waals surface area contributed by atoms with E-state index in [1.54, 1.807) is 0 Å². The monoisotopic (exact) mass is 212 g/mol. The van der Waals surface area contributed by atoms with Crippen LogP contribution in [0.15, 0.2) is 0 Å². The van der Waals surface area contributed by atoms with Gasteiger partial charge < -0.3 is 5.32 Å². The lowest BCUT2D eigenvalue weighted by molar-refractivity contribution is 0.126. The van der Waals surface area contributed by atoms with Crippen molar-refractivity contribution in [2.75, 3.05) is 26.2 Å². The minimum Gasteiger partial charge on any atom is -0.315 e. The molecule has 0 aromatic heterocycles. The Bertz CT molecular complexity index is 159. The molecule has 1 aliphatic heterocycles. The van der Waals surface area contributed by atoms with Crippen LogP contribution in [0.2, 0.25) is 0 Å². The maximum absolute atomic E-state index is 3.50. The Kier molecular flexibility index (Phi) is 6.26. The summed E-state index contributed by atoms with van der Waals surface area (Å²) in [6.45, 7) is 11.8. The second-order valence-electron chi connectivity index (χ2n) is 4.97. The molecule has 0 aromatic rings. The number of nitrogens with zero attached hydrogens (tertiary/aromatic N) is 1. The number of piperidine rings is 1. The molecule has 1 saturated heterocycles. The zero-order valence-corrected chi connectivity index (χ0v) is 10.8. The summed E-state index contributed by atoms with van der Waals surface area (Å²) in [6.07, 6.45) is 5.53. The summed E-state index contributed by atoms with van der Waals surface area (Å²) in [6, 6.07) is 0.799. The van der Waals surface area contributed by atoms with E-state index in [9.17, 15) is 0 Å². The van der Waals surface area contributed by atoms with Crippen LogP contribution in [0.5, 0.6) is 0 Å². The highest BCUT2D eigenvalue weighted by Gasteiger charge is 2.22. The maximum Gasteiger partial charge on any atom is 0.0220 e. The average molecular weight is 212 g/mol. The first-order valence-electron chi connectivity index (χ1n) is 6.72. The summed E-state index contributed by atoms with van der Waals surface area (Å²) in [5, 5.41) is 3.50. The minimum absolute atomic E-state index is 0.799. The zero-order chi connectivity index (χ0) is 11.1. The smallest absolute Gasteiger partial charge is 0.0220 e. The second kappa shape index (κ2) is 7.24. The topological polar surface area (TPSA) is 15.3 Å². The summed E-state index contributed by atoms with van der Waals surface area (Å²) in [7, 11) is 0. The van der Waals surface area contributed by atoms with Crippen LogP contribution in [-0.4, -0.2) is 37.1 Å². The number of hydrogen-bond donors (Lipinski definition) is 1. The van der Waals surface area contributed by atoms with E-state index in [1.807, 2.05) is 0 Å². The lowest BCUT2D eigenvalue weighted by Crippen LogP contribution is -2.47. The molecule has 2 atom stereocenters. The van der Waals surface area contributed by atoms with Gasteiger partial charge >= 0.3 is 0 Å². The summed E-state index contributed by atoms with van der Waals surface area (Å²) in [4.78, 5) is 2.71. The Morgan fingerprint density at radius 2 is 2.13 bits per heavy atom. The molecule has 2 unspecified atom stereocenters. The van der Waals surface area contributed by atoms with E-state index in [-0.39, 0.29) is 0 Å². The van der Waals surface area contributed by atoms with Gasteiger partial charge in [-0.3, -0.25) is 4.90 Å². The highest BCUT2D eigenvalue weighted by Crippen LogP contribution is 2.18. The van der Waals surface area contributed by atoms with Crippen molar-refractivity contribution in [1.29, 1.82) is 0 Å². The van der Waals surface area contributed by atoms with Crippen molar-refractivity contribution in [3.05, 3.63) is 0 Å². The van der Waals surface area contributed by atoms with Gasteiger partial charge in [0.05, 0.1) is 0 Å². The Hall–Kier alpha value is -0.0800. The summed E-state index contributed by atoms with van der Waals surface area (Å²) < 4.78 is 0. The van der Waals surface area contributed by atoms with Gasteiger partial charge in [-0.15, -0.1) is 0 Å². The Balaban J connectivity index is 2.35. The first-order valence-corrected chi connectivity index (χ1v) is 6.72. The quantitative estimate of drug-likeness (QED) is 0.728. The van der Waals surface area contributed by atoms with E-state index in [0.717, 1.165) is 18.5 Å². The average Bonchev–Trinajstić information content (AvgIpc) is 2.28. The third-order valence-electron chi connectivity index (χ3n) is 3.62. The lowest BCUT2D eigenvalue weighted by atomic mass is 9.99. The molecule has 15 heavy (non-hydrogen) atoms. The Morgan fingerprint density at radius 3 is 2.80 bits per heavy atom.